The van der Waals surface area contributed by atoms with Crippen LogP contribution in [-0.4, -0.2) is 30.6 Å². The molecule has 1 atom stereocenters. The lowest BCUT2D eigenvalue weighted by molar-refractivity contribution is -0.116. The molecule has 0 bridgehead atoms. The quantitative estimate of drug-likeness (QED) is 0.936. The van der Waals surface area contributed by atoms with Crippen LogP contribution in [0.4, 0.5) is 11.4 Å². The Morgan fingerprint density at radius 1 is 1.16 bits per heavy atom. The van der Waals surface area contributed by atoms with Crippen LogP contribution in [0.5, 0.6) is 0 Å². The highest BCUT2D eigenvalue weighted by Crippen LogP contribution is 2.33. The number of carbonyl (C=O) groups is 1. The summed E-state index contributed by atoms with van der Waals surface area (Å²) in [5.41, 5.74) is 3.21. The molecular weight excluding hydrogens is 314 g/mol. The molecule has 2 aromatic rings. The van der Waals surface area contributed by atoms with Crippen molar-refractivity contribution in [3.8, 4) is 6.07 Å². The van der Waals surface area contributed by atoms with Crippen LogP contribution in [-0.2, 0) is 4.79 Å². The average molecular weight is 335 g/mol. The normalized spacial score (nSPS) is 15.1. The second-order valence-corrected chi connectivity index (χ2v) is 6.21. The number of nitriles is 1. The summed E-state index contributed by atoms with van der Waals surface area (Å²) in [4.78, 5) is 15.9. The Labute approximate surface area is 147 Å². The minimum Gasteiger partial charge on any atom is -0.387 e. The summed E-state index contributed by atoms with van der Waals surface area (Å²) in [7, 11) is 0. The Morgan fingerprint density at radius 2 is 1.84 bits per heavy atom. The van der Waals surface area contributed by atoms with E-state index >= 15 is 0 Å². The Bertz CT molecular complexity index is 795. The number of anilines is 2. The van der Waals surface area contributed by atoms with Gasteiger partial charge in [0.1, 0.15) is 0 Å². The van der Waals surface area contributed by atoms with Crippen LogP contribution in [0.15, 0.2) is 48.5 Å². The van der Waals surface area contributed by atoms with Crippen molar-refractivity contribution < 1.29 is 9.90 Å². The standard InChI is InChI=1S/C20H21N3O2/c1-15(24)23-12-4-11-22(18-5-2-3-6-19(18)23)14-20(25)17-9-7-16(13-21)8-10-17/h2-3,5-10,20,25H,4,11-12,14H2,1H3. The molecule has 1 unspecified atom stereocenters. The van der Waals surface area contributed by atoms with Crippen molar-refractivity contribution >= 4 is 17.3 Å². The summed E-state index contributed by atoms with van der Waals surface area (Å²) in [6.07, 6.45) is 0.179. The molecule has 1 aliphatic heterocycles. The molecule has 1 heterocycles. The Morgan fingerprint density at radius 3 is 2.48 bits per heavy atom. The van der Waals surface area contributed by atoms with Gasteiger partial charge in [0.05, 0.1) is 29.1 Å². The zero-order chi connectivity index (χ0) is 17.8. The lowest BCUT2D eigenvalue weighted by Gasteiger charge is -2.28. The molecule has 1 aliphatic rings. The molecule has 5 nitrogen and oxygen atoms in total. The van der Waals surface area contributed by atoms with Gasteiger partial charge in [0.25, 0.3) is 0 Å². The molecule has 0 aliphatic carbocycles. The number of rotatable bonds is 3. The lowest BCUT2D eigenvalue weighted by Crippen LogP contribution is -2.29. The van der Waals surface area contributed by atoms with Crippen molar-refractivity contribution in [1.29, 1.82) is 5.26 Å². The van der Waals surface area contributed by atoms with Crippen LogP contribution in [0, 0.1) is 11.3 Å². The first-order chi connectivity index (χ1) is 12.1. The van der Waals surface area contributed by atoms with Crippen molar-refractivity contribution in [3.63, 3.8) is 0 Å². The van der Waals surface area contributed by atoms with Gasteiger partial charge in [0.15, 0.2) is 0 Å². The molecule has 0 spiro atoms. The van der Waals surface area contributed by atoms with Gasteiger partial charge in [-0.25, -0.2) is 0 Å². The smallest absolute Gasteiger partial charge is 0.223 e. The fourth-order valence-corrected chi connectivity index (χ4v) is 3.23. The van der Waals surface area contributed by atoms with E-state index in [4.69, 9.17) is 5.26 Å². The topological polar surface area (TPSA) is 67.6 Å². The summed E-state index contributed by atoms with van der Waals surface area (Å²) in [6.45, 7) is 3.47. The van der Waals surface area contributed by atoms with Crippen molar-refractivity contribution in [2.24, 2.45) is 0 Å². The first kappa shape index (κ1) is 17.0. The Hall–Kier alpha value is -2.84. The monoisotopic (exact) mass is 335 g/mol. The van der Waals surface area contributed by atoms with Gasteiger partial charge in [-0.2, -0.15) is 5.26 Å². The summed E-state index contributed by atoms with van der Waals surface area (Å²) in [5.74, 6) is 0.0296. The summed E-state index contributed by atoms with van der Waals surface area (Å²) in [6, 6.07) is 16.9. The molecule has 0 saturated heterocycles. The van der Waals surface area contributed by atoms with Gasteiger partial charge in [-0.05, 0) is 36.2 Å². The molecule has 25 heavy (non-hydrogen) atoms. The highest BCUT2D eigenvalue weighted by atomic mass is 16.3. The van der Waals surface area contributed by atoms with Crippen LogP contribution < -0.4 is 9.80 Å². The molecule has 3 rings (SSSR count). The number of fused-ring (bicyclic) bond motifs is 1. The van der Waals surface area contributed by atoms with E-state index in [-0.39, 0.29) is 5.91 Å². The summed E-state index contributed by atoms with van der Waals surface area (Å²) >= 11 is 0. The molecule has 0 radical (unpaired) electrons. The minimum atomic E-state index is -0.662. The van der Waals surface area contributed by atoms with Gasteiger partial charge in [0, 0.05) is 26.6 Å². The lowest BCUT2D eigenvalue weighted by atomic mass is 10.1. The molecule has 1 N–H and O–H groups in total. The number of nitrogens with zero attached hydrogens (tertiary/aromatic N) is 3. The fraction of sp³-hybridized carbons (Fsp3) is 0.300. The fourth-order valence-electron chi connectivity index (χ4n) is 3.23. The highest BCUT2D eigenvalue weighted by molar-refractivity contribution is 5.95. The van der Waals surface area contributed by atoms with Crippen LogP contribution in [0.3, 0.4) is 0 Å². The van der Waals surface area contributed by atoms with Gasteiger partial charge < -0.3 is 14.9 Å². The zero-order valence-electron chi connectivity index (χ0n) is 14.2. The molecule has 0 fully saturated rings. The number of aliphatic hydroxyl groups is 1. The minimum absolute atomic E-state index is 0.0296. The van der Waals surface area contributed by atoms with Crippen LogP contribution in [0.25, 0.3) is 0 Å². The maximum atomic E-state index is 12.0. The Balaban J connectivity index is 1.84. The maximum absolute atomic E-state index is 12.0. The third-order valence-electron chi connectivity index (χ3n) is 4.52. The third-order valence-corrected chi connectivity index (χ3v) is 4.52. The number of benzene rings is 2. The molecule has 1 amide bonds. The largest absolute Gasteiger partial charge is 0.387 e. The molecule has 0 aromatic heterocycles. The van der Waals surface area contributed by atoms with Crippen molar-refractivity contribution in [2.75, 3.05) is 29.4 Å². The molecule has 5 heteroatoms. The van der Waals surface area contributed by atoms with Gasteiger partial charge in [-0.1, -0.05) is 24.3 Å². The summed E-state index contributed by atoms with van der Waals surface area (Å²) in [5, 5.41) is 19.5. The molecule has 128 valence electrons. The first-order valence-electron chi connectivity index (χ1n) is 8.40. The second kappa shape index (κ2) is 7.37. The van der Waals surface area contributed by atoms with Crippen LogP contribution >= 0.6 is 0 Å². The third kappa shape index (κ3) is 3.65. The van der Waals surface area contributed by atoms with E-state index in [0.717, 1.165) is 29.9 Å². The van der Waals surface area contributed by atoms with E-state index in [0.29, 0.717) is 18.7 Å². The van der Waals surface area contributed by atoms with Gasteiger partial charge >= 0.3 is 0 Å². The SMILES string of the molecule is CC(=O)N1CCCN(CC(O)c2ccc(C#N)cc2)c2ccccc21. The zero-order valence-corrected chi connectivity index (χ0v) is 14.2. The number of hydrogen-bond donors (Lipinski definition) is 1. The van der Waals surface area contributed by atoms with Gasteiger partial charge in [0.2, 0.25) is 5.91 Å². The maximum Gasteiger partial charge on any atom is 0.223 e. The first-order valence-corrected chi connectivity index (χ1v) is 8.40. The van der Waals surface area contributed by atoms with Crippen LogP contribution in [0.2, 0.25) is 0 Å². The number of hydrogen-bond acceptors (Lipinski definition) is 4. The van der Waals surface area contributed by atoms with E-state index in [1.807, 2.05) is 24.3 Å². The number of aliphatic hydroxyl groups excluding tert-OH is 1. The van der Waals surface area contributed by atoms with Gasteiger partial charge in [-0.3, -0.25) is 4.79 Å². The molecule has 2 aromatic carbocycles. The summed E-state index contributed by atoms with van der Waals surface area (Å²) < 4.78 is 0. The van der Waals surface area contributed by atoms with E-state index < -0.39 is 6.10 Å². The van der Waals surface area contributed by atoms with Crippen molar-refractivity contribution in [1.82, 2.24) is 0 Å². The number of carbonyl (C=O) groups excluding carboxylic acids is 1. The van der Waals surface area contributed by atoms with E-state index in [9.17, 15) is 9.90 Å². The van der Waals surface area contributed by atoms with E-state index in [1.54, 1.807) is 36.1 Å². The predicted molar refractivity (Wildman–Crippen MR) is 97.4 cm³/mol. The second-order valence-electron chi connectivity index (χ2n) is 6.21. The number of para-hydroxylation sites is 2. The predicted octanol–water partition coefficient (Wildman–Crippen LogP) is 2.85. The van der Waals surface area contributed by atoms with Crippen LogP contribution in [0.1, 0.15) is 30.6 Å². The molecule has 0 saturated carbocycles. The Kier molecular flexibility index (Phi) is 5.01. The van der Waals surface area contributed by atoms with E-state index in [1.165, 1.54) is 0 Å². The average Bonchev–Trinajstić information content (AvgIpc) is 2.82. The van der Waals surface area contributed by atoms with E-state index in [2.05, 4.69) is 11.0 Å². The number of β-amino-alcohol motifs (C(OH)–C–C–N with tert-alkyl or cyclic N) is 1. The molecular formula is C20H21N3O2. The van der Waals surface area contributed by atoms with Crippen molar-refractivity contribution in [3.05, 3.63) is 59.7 Å². The highest BCUT2D eigenvalue weighted by Gasteiger charge is 2.24. The van der Waals surface area contributed by atoms with Crippen molar-refractivity contribution in [2.45, 2.75) is 19.4 Å². The van der Waals surface area contributed by atoms with Gasteiger partial charge in [-0.15, -0.1) is 0 Å². The number of amides is 1.